The van der Waals surface area contributed by atoms with E-state index >= 15 is 0 Å². The van der Waals surface area contributed by atoms with Gasteiger partial charge in [0.2, 0.25) is 0 Å². The fourth-order valence-electron chi connectivity index (χ4n) is 3.82. The number of fused-ring (bicyclic) bond motifs is 2. The van der Waals surface area contributed by atoms with Crippen LogP contribution in [-0.4, -0.2) is 45.6 Å². The predicted octanol–water partition coefficient (Wildman–Crippen LogP) is 1.82. The number of aliphatic carboxylic acids is 1. The molecule has 0 aromatic heterocycles. The molecule has 4 unspecified atom stereocenters. The molecule has 90 valence electrons. The van der Waals surface area contributed by atoms with Crippen LogP contribution < -0.4 is 0 Å². The lowest BCUT2D eigenvalue weighted by molar-refractivity contribution is -0.142. The molecule has 3 aliphatic rings. The van der Waals surface area contributed by atoms with Gasteiger partial charge in [0.25, 0.3) is 0 Å². The maximum atomic E-state index is 11.2. The monoisotopic (exact) mass is 241 g/mol. The Kier molecular flexibility index (Phi) is 2.88. The maximum Gasteiger partial charge on any atom is 0.308 e. The molecule has 0 aromatic rings. The standard InChI is InChI=1S/C12H19NO2S/c14-12(15)10-6-8-3-4-11(10)13(8)9-2-1-5-16-7-9/h8-11H,1-7H2,(H,14,15). The van der Waals surface area contributed by atoms with Crippen molar-refractivity contribution in [1.82, 2.24) is 4.90 Å². The molecule has 3 aliphatic heterocycles. The van der Waals surface area contributed by atoms with Gasteiger partial charge in [0.05, 0.1) is 5.92 Å². The van der Waals surface area contributed by atoms with Crippen LogP contribution in [0, 0.1) is 5.92 Å². The van der Waals surface area contributed by atoms with Gasteiger partial charge in [0, 0.05) is 23.9 Å². The Morgan fingerprint density at radius 2 is 2.12 bits per heavy atom. The van der Waals surface area contributed by atoms with E-state index in [0.717, 1.165) is 12.8 Å². The minimum Gasteiger partial charge on any atom is -0.481 e. The van der Waals surface area contributed by atoms with E-state index in [4.69, 9.17) is 0 Å². The van der Waals surface area contributed by atoms with Crippen molar-refractivity contribution in [1.29, 1.82) is 0 Å². The third-order valence-electron chi connectivity index (χ3n) is 4.47. The normalized spacial score (nSPS) is 43.8. The van der Waals surface area contributed by atoms with Crippen LogP contribution in [0.5, 0.6) is 0 Å². The van der Waals surface area contributed by atoms with Gasteiger partial charge in [-0.1, -0.05) is 0 Å². The molecular formula is C12H19NO2S. The molecule has 1 N–H and O–H groups in total. The van der Waals surface area contributed by atoms with Gasteiger partial charge in [0.1, 0.15) is 0 Å². The number of hydrogen-bond donors (Lipinski definition) is 1. The minimum atomic E-state index is -0.569. The molecule has 0 aromatic carbocycles. The van der Waals surface area contributed by atoms with E-state index < -0.39 is 5.97 Å². The SMILES string of the molecule is O=C(O)C1CC2CCC1N2C1CCCSC1. The molecular weight excluding hydrogens is 222 g/mol. The highest BCUT2D eigenvalue weighted by atomic mass is 32.2. The minimum absolute atomic E-state index is 0.0781. The molecule has 2 bridgehead atoms. The Labute approximate surface area is 101 Å². The first-order valence-electron chi connectivity index (χ1n) is 6.35. The summed E-state index contributed by atoms with van der Waals surface area (Å²) in [5.41, 5.74) is 0. The molecule has 0 spiro atoms. The topological polar surface area (TPSA) is 40.5 Å². The van der Waals surface area contributed by atoms with Crippen LogP contribution in [0.4, 0.5) is 0 Å². The van der Waals surface area contributed by atoms with Crippen LogP contribution in [-0.2, 0) is 4.79 Å². The summed E-state index contributed by atoms with van der Waals surface area (Å²) in [5.74, 6) is 1.87. The quantitative estimate of drug-likeness (QED) is 0.800. The summed E-state index contributed by atoms with van der Waals surface area (Å²) < 4.78 is 0. The first-order valence-corrected chi connectivity index (χ1v) is 7.51. The number of carboxylic acid groups (broad SMARTS) is 1. The van der Waals surface area contributed by atoms with Gasteiger partial charge in [-0.05, 0) is 37.9 Å². The molecule has 3 saturated heterocycles. The zero-order valence-corrected chi connectivity index (χ0v) is 10.3. The van der Waals surface area contributed by atoms with Crippen molar-refractivity contribution in [2.45, 2.75) is 50.2 Å². The second-order valence-corrected chi connectivity index (χ2v) is 6.45. The zero-order valence-electron chi connectivity index (χ0n) is 9.47. The summed E-state index contributed by atoms with van der Waals surface area (Å²) in [6, 6.07) is 1.60. The summed E-state index contributed by atoms with van der Waals surface area (Å²) in [4.78, 5) is 13.8. The third kappa shape index (κ3) is 1.66. The highest BCUT2D eigenvalue weighted by Crippen LogP contribution is 2.44. The van der Waals surface area contributed by atoms with E-state index in [1.54, 1.807) is 0 Å². The molecule has 3 fully saturated rings. The van der Waals surface area contributed by atoms with Crippen molar-refractivity contribution in [3.05, 3.63) is 0 Å². The van der Waals surface area contributed by atoms with Crippen molar-refractivity contribution in [2.24, 2.45) is 5.92 Å². The lowest BCUT2D eigenvalue weighted by Gasteiger charge is -2.34. The summed E-state index contributed by atoms with van der Waals surface area (Å²) in [7, 11) is 0. The van der Waals surface area contributed by atoms with Crippen molar-refractivity contribution in [3.63, 3.8) is 0 Å². The van der Waals surface area contributed by atoms with Gasteiger partial charge in [-0.3, -0.25) is 9.69 Å². The average molecular weight is 241 g/mol. The van der Waals surface area contributed by atoms with Gasteiger partial charge in [-0.2, -0.15) is 11.8 Å². The maximum absolute atomic E-state index is 11.2. The van der Waals surface area contributed by atoms with E-state index in [0.29, 0.717) is 18.1 Å². The molecule has 3 rings (SSSR count). The molecule has 3 nitrogen and oxygen atoms in total. The van der Waals surface area contributed by atoms with E-state index in [2.05, 4.69) is 4.90 Å². The second-order valence-electron chi connectivity index (χ2n) is 5.30. The van der Waals surface area contributed by atoms with Crippen molar-refractivity contribution >= 4 is 17.7 Å². The van der Waals surface area contributed by atoms with Gasteiger partial charge in [0.15, 0.2) is 0 Å². The summed E-state index contributed by atoms with van der Waals surface area (Å²) >= 11 is 2.04. The fourth-order valence-corrected chi connectivity index (χ4v) is 4.97. The highest BCUT2D eigenvalue weighted by Gasteiger charge is 2.51. The molecule has 0 saturated carbocycles. The van der Waals surface area contributed by atoms with Crippen LogP contribution in [0.2, 0.25) is 0 Å². The Balaban J connectivity index is 1.74. The molecule has 4 heteroatoms. The zero-order chi connectivity index (χ0) is 11.1. The van der Waals surface area contributed by atoms with Gasteiger partial charge < -0.3 is 5.11 Å². The fraction of sp³-hybridized carbons (Fsp3) is 0.917. The molecule has 0 aliphatic carbocycles. The van der Waals surface area contributed by atoms with Crippen LogP contribution >= 0.6 is 11.8 Å². The number of thioether (sulfide) groups is 1. The molecule has 3 heterocycles. The van der Waals surface area contributed by atoms with Gasteiger partial charge in [-0.15, -0.1) is 0 Å². The van der Waals surface area contributed by atoms with E-state index in [-0.39, 0.29) is 5.92 Å². The number of hydrogen-bond acceptors (Lipinski definition) is 3. The lowest BCUT2D eigenvalue weighted by Crippen LogP contribution is -2.43. The Morgan fingerprint density at radius 1 is 1.25 bits per heavy atom. The average Bonchev–Trinajstić information content (AvgIpc) is 2.87. The van der Waals surface area contributed by atoms with Gasteiger partial charge in [-0.25, -0.2) is 0 Å². The van der Waals surface area contributed by atoms with Crippen LogP contribution in [0.25, 0.3) is 0 Å². The smallest absolute Gasteiger partial charge is 0.308 e. The third-order valence-corrected chi connectivity index (χ3v) is 5.66. The molecule has 0 amide bonds. The van der Waals surface area contributed by atoms with Crippen molar-refractivity contribution in [3.8, 4) is 0 Å². The summed E-state index contributed by atoms with van der Waals surface area (Å²) in [6.07, 6.45) is 5.84. The van der Waals surface area contributed by atoms with E-state index in [9.17, 15) is 9.90 Å². The Bertz CT molecular complexity index is 291. The molecule has 4 atom stereocenters. The second kappa shape index (κ2) is 4.22. The molecule has 0 radical (unpaired) electrons. The first kappa shape index (κ1) is 10.9. The largest absolute Gasteiger partial charge is 0.481 e. The predicted molar refractivity (Wildman–Crippen MR) is 64.7 cm³/mol. The highest BCUT2D eigenvalue weighted by molar-refractivity contribution is 7.99. The van der Waals surface area contributed by atoms with Crippen LogP contribution in [0.1, 0.15) is 32.1 Å². The van der Waals surface area contributed by atoms with Crippen molar-refractivity contribution in [2.75, 3.05) is 11.5 Å². The first-order chi connectivity index (χ1) is 7.77. The lowest BCUT2D eigenvalue weighted by atomic mass is 9.89. The van der Waals surface area contributed by atoms with Crippen molar-refractivity contribution < 1.29 is 9.90 Å². The Morgan fingerprint density at radius 3 is 2.75 bits per heavy atom. The van der Waals surface area contributed by atoms with Gasteiger partial charge >= 0.3 is 5.97 Å². The van der Waals surface area contributed by atoms with E-state index in [1.165, 1.54) is 30.8 Å². The number of carbonyl (C=O) groups is 1. The van der Waals surface area contributed by atoms with Crippen LogP contribution in [0.15, 0.2) is 0 Å². The number of carboxylic acids is 1. The number of rotatable bonds is 2. The van der Waals surface area contributed by atoms with Crippen LogP contribution in [0.3, 0.4) is 0 Å². The molecule has 16 heavy (non-hydrogen) atoms. The number of nitrogens with zero attached hydrogens (tertiary/aromatic N) is 1. The Hall–Kier alpha value is -0.220. The summed E-state index contributed by atoms with van der Waals surface area (Å²) in [6.45, 7) is 0. The summed E-state index contributed by atoms with van der Waals surface area (Å²) in [5, 5.41) is 9.22. The van der Waals surface area contributed by atoms with E-state index in [1.807, 2.05) is 11.8 Å².